The zero-order chi connectivity index (χ0) is 11.7. The SMILES string of the molecule is NC(c1ccc(Br)s1)c1cc(Br)ccc1I. The van der Waals surface area contributed by atoms with Crippen LogP contribution in [0.25, 0.3) is 0 Å². The molecule has 0 bridgehead atoms. The monoisotopic (exact) mass is 471 g/mol. The van der Waals surface area contributed by atoms with Crippen LogP contribution in [0.4, 0.5) is 0 Å². The molecule has 2 aromatic rings. The van der Waals surface area contributed by atoms with Crippen molar-refractivity contribution in [1.82, 2.24) is 0 Å². The van der Waals surface area contributed by atoms with Crippen molar-refractivity contribution in [2.45, 2.75) is 6.04 Å². The summed E-state index contributed by atoms with van der Waals surface area (Å²) in [6, 6.07) is 10.2. The van der Waals surface area contributed by atoms with Gasteiger partial charge in [-0.2, -0.15) is 0 Å². The van der Waals surface area contributed by atoms with Gasteiger partial charge < -0.3 is 5.73 Å². The fourth-order valence-corrected chi connectivity index (χ4v) is 3.90. The second-order valence-corrected chi connectivity index (χ2v) is 7.86. The number of halogens is 3. The summed E-state index contributed by atoms with van der Waals surface area (Å²) in [6.45, 7) is 0. The molecule has 0 aliphatic rings. The van der Waals surface area contributed by atoms with Crippen molar-refractivity contribution in [3.8, 4) is 0 Å². The summed E-state index contributed by atoms with van der Waals surface area (Å²) in [5, 5.41) is 0. The highest BCUT2D eigenvalue weighted by molar-refractivity contribution is 14.1. The highest BCUT2D eigenvalue weighted by atomic mass is 127. The molecule has 1 heterocycles. The van der Waals surface area contributed by atoms with Crippen molar-refractivity contribution in [3.63, 3.8) is 0 Å². The van der Waals surface area contributed by atoms with E-state index in [0.717, 1.165) is 13.8 Å². The van der Waals surface area contributed by atoms with E-state index in [1.165, 1.54) is 8.45 Å². The van der Waals surface area contributed by atoms with Crippen LogP contribution in [0.1, 0.15) is 16.5 Å². The minimum absolute atomic E-state index is 0.0549. The van der Waals surface area contributed by atoms with E-state index in [1.54, 1.807) is 11.3 Å². The van der Waals surface area contributed by atoms with Crippen LogP contribution in [-0.2, 0) is 0 Å². The maximum atomic E-state index is 6.26. The number of rotatable bonds is 2. The van der Waals surface area contributed by atoms with E-state index in [9.17, 15) is 0 Å². The summed E-state index contributed by atoms with van der Waals surface area (Å²) in [5.74, 6) is 0. The predicted molar refractivity (Wildman–Crippen MR) is 84.9 cm³/mol. The fraction of sp³-hybridized carbons (Fsp3) is 0.0909. The lowest BCUT2D eigenvalue weighted by Gasteiger charge is -2.12. The Morgan fingerprint density at radius 2 is 1.94 bits per heavy atom. The van der Waals surface area contributed by atoms with Gasteiger partial charge in [-0.1, -0.05) is 15.9 Å². The lowest BCUT2D eigenvalue weighted by atomic mass is 10.1. The number of hydrogen-bond acceptors (Lipinski definition) is 2. The van der Waals surface area contributed by atoms with Crippen molar-refractivity contribution in [1.29, 1.82) is 0 Å². The maximum Gasteiger partial charge on any atom is 0.0702 e. The maximum absolute atomic E-state index is 6.26. The molecule has 0 saturated heterocycles. The molecule has 1 aromatic heterocycles. The summed E-state index contributed by atoms with van der Waals surface area (Å²) in [5.41, 5.74) is 7.42. The van der Waals surface area contributed by atoms with Gasteiger partial charge in [0.2, 0.25) is 0 Å². The van der Waals surface area contributed by atoms with Gasteiger partial charge in [0.25, 0.3) is 0 Å². The molecule has 1 unspecified atom stereocenters. The van der Waals surface area contributed by atoms with Crippen LogP contribution in [0.5, 0.6) is 0 Å². The van der Waals surface area contributed by atoms with Gasteiger partial charge in [-0.15, -0.1) is 11.3 Å². The molecule has 0 aliphatic carbocycles. The number of hydrogen-bond donors (Lipinski definition) is 1. The quantitative estimate of drug-likeness (QED) is 0.616. The first-order chi connectivity index (χ1) is 7.58. The van der Waals surface area contributed by atoms with Crippen LogP contribution in [-0.4, -0.2) is 0 Å². The molecule has 2 rings (SSSR count). The fourth-order valence-electron chi connectivity index (χ4n) is 1.40. The van der Waals surface area contributed by atoms with Gasteiger partial charge in [0.15, 0.2) is 0 Å². The summed E-state index contributed by atoms with van der Waals surface area (Å²) < 4.78 is 3.37. The van der Waals surface area contributed by atoms with Gasteiger partial charge in [-0.05, 0) is 74.4 Å². The molecule has 2 N–H and O–H groups in total. The topological polar surface area (TPSA) is 26.0 Å². The van der Waals surface area contributed by atoms with Crippen molar-refractivity contribution < 1.29 is 0 Å². The molecule has 0 amide bonds. The standard InChI is InChI=1S/C11H8Br2INS/c12-6-1-2-8(14)7(5-6)11(15)9-3-4-10(13)16-9/h1-5,11H,15H2. The lowest BCUT2D eigenvalue weighted by Crippen LogP contribution is -2.11. The first-order valence-electron chi connectivity index (χ1n) is 4.53. The largest absolute Gasteiger partial charge is 0.320 e. The van der Waals surface area contributed by atoms with Crippen molar-refractivity contribution in [2.75, 3.05) is 0 Å². The van der Waals surface area contributed by atoms with Gasteiger partial charge in [0.05, 0.1) is 9.83 Å². The molecule has 0 spiro atoms. The van der Waals surface area contributed by atoms with Gasteiger partial charge >= 0.3 is 0 Å². The molecule has 0 radical (unpaired) electrons. The molecule has 16 heavy (non-hydrogen) atoms. The van der Waals surface area contributed by atoms with Gasteiger partial charge in [0, 0.05) is 12.9 Å². The number of thiophene rings is 1. The lowest BCUT2D eigenvalue weighted by molar-refractivity contribution is 0.885. The minimum atomic E-state index is -0.0549. The normalized spacial score (nSPS) is 12.8. The van der Waals surface area contributed by atoms with E-state index in [1.807, 2.05) is 12.1 Å². The zero-order valence-corrected chi connectivity index (χ0v) is 14.2. The Morgan fingerprint density at radius 3 is 2.56 bits per heavy atom. The highest BCUT2D eigenvalue weighted by Gasteiger charge is 2.14. The van der Waals surface area contributed by atoms with Gasteiger partial charge in [-0.3, -0.25) is 0 Å². The Balaban J connectivity index is 2.40. The Labute approximate surface area is 129 Å². The molecule has 1 aromatic carbocycles. The van der Waals surface area contributed by atoms with E-state index in [4.69, 9.17) is 5.73 Å². The molecule has 5 heteroatoms. The Morgan fingerprint density at radius 1 is 1.19 bits per heavy atom. The summed E-state index contributed by atoms with van der Waals surface area (Å²) in [7, 11) is 0. The zero-order valence-electron chi connectivity index (χ0n) is 8.08. The molecule has 0 saturated carbocycles. The highest BCUT2D eigenvalue weighted by Crippen LogP contribution is 2.32. The van der Waals surface area contributed by atoms with Crippen LogP contribution in [0.15, 0.2) is 38.6 Å². The summed E-state index contributed by atoms with van der Waals surface area (Å²) >= 11 is 10.9. The Hall–Kier alpha value is 0.570. The van der Waals surface area contributed by atoms with Crippen LogP contribution in [0.3, 0.4) is 0 Å². The third-order valence-corrected chi connectivity index (χ3v) is 5.38. The molecule has 84 valence electrons. The van der Waals surface area contributed by atoms with Crippen LogP contribution in [0.2, 0.25) is 0 Å². The van der Waals surface area contributed by atoms with E-state index in [0.29, 0.717) is 0 Å². The van der Waals surface area contributed by atoms with Gasteiger partial charge in [0.1, 0.15) is 0 Å². The van der Waals surface area contributed by atoms with Crippen molar-refractivity contribution in [2.24, 2.45) is 5.73 Å². The van der Waals surface area contributed by atoms with Crippen LogP contribution in [0, 0.1) is 3.57 Å². The minimum Gasteiger partial charge on any atom is -0.320 e. The molecule has 0 aliphatic heterocycles. The molecule has 1 atom stereocenters. The first-order valence-corrected chi connectivity index (χ1v) is 8.02. The third kappa shape index (κ3) is 2.87. The van der Waals surface area contributed by atoms with Gasteiger partial charge in [-0.25, -0.2) is 0 Å². The second-order valence-electron chi connectivity index (χ2n) is 3.29. The second kappa shape index (κ2) is 5.48. The van der Waals surface area contributed by atoms with Crippen LogP contribution >= 0.6 is 65.8 Å². The number of benzene rings is 1. The first kappa shape index (κ1) is 13.0. The Kier molecular flexibility index (Phi) is 4.45. The molecule has 0 fully saturated rings. The van der Waals surface area contributed by atoms with Crippen molar-refractivity contribution >= 4 is 65.8 Å². The smallest absolute Gasteiger partial charge is 0.0702 e. The summed E-state index contributed by atoms with van der Waals surface area (Å²) in [4.78, 5) is 1.17. The van der Waals surface area contributed by atoms with Crippen molar-refractivity contribution in [3.05, 3.63) is 52.6 Å². The van der Waals surface area contributed by atoms with Crippen LogP contribution < -0.4 is 5.73 Å². The number of nitrogens with two attached hydrogens (primary N) is 1. The van der Waals surface area contributed by atoms with E-state index >= 15 is 0 Å². The molecular formula is C11H8Br2INS. The predicted octanol–water partition coefficient (Wildman–Crippen LogP) is 4.93. The average molecular weight is 473 g/mol. The van der Waals surface area contributed by atoms with E-state index in [-0.39, 0.29) is 6.04 Å². The average Bonchev–Trinajstić information content (AvgIpc) is 2.67. The summed E-state index contributed by atoms with van der Waals surface area (Å²) in [6.07, 6.45) is 0. The molecule has 1 nitrogen and oxygen atoms in total. The van der Waals surface area contributed by atoms with E-state index < -0.39 is 0 Å². The third-order valence-electron chi connectivity index (χ3n) is 2.19. The molecular weight excluding hydrogens is 465 g/mol. The van der Waals surface area contributed by atoms with E-state index in [2.05, 4.69) is 72.6 Å². The Bertz CT molecular complexity index is 512.